The topological polar surface area (TPSA) is 81.2 Å². The number of benzene rings is 1. The van der Waals surface area contributed by atoms with Crippen molar-refractivity contribution in [2.24, 2.45) is 17.6 Å². The molecule has 1 aromatic carbocycles. The summed E-state index contributed by atoms with van der Waals surface area (Å²) in [6.45, 7) is 2.39. The fraction of sp³-hybridized carbons (Fsp3) is 0.467. The van der Waals surface area contributed by atoms with Crippen molar-refractivity contribution in [2.75, 3.05) is 11.9 Å². The maximum atomic E-state index is 12.3. The Bertz CT molecular complexity index is 635. The number of aromatic nitrogens is 1. The predicted molar refractivity (Wildman–Crippen MR) is 77.3 cm³/mol. The van der Waals surface area contributed by atoms with Gasteiger partial charge in [0, 0.05) is 18.5 Å². The van der Waals surface area contributed by atoms with Gasteiger partial charge in [-0.2, -0.15) is 0 Å². The molecule has 5 nitrogen and oxygen atoms in total. The van der Waals surface area contributed by atoms with Crippen LogP contribution in [0.1, 0.15) is 25.2 Å². The minimum absolute atomic E-state index is 0.0368. The minimum Gasteiger partial charge on any atom is -0.441 e. The van der Waals surface area contributed by atoms with Gasteiger partial charge in [-0.15, -0.1) is 0 Å². The van der Waals surface area contributed by atoms with Crippen LogP contribution in [-0.2, 0) is 4.79 Å². The second-order valence-electron chi connectivity index (χ2n) is 5.44. The lowest BCUT2D eigenvalue weighted by Gasteiger charge is -2.17. The van der Waals surface area contributed by atoms with Crippen LogP contribution >= 0.6 is 0 Å². The van der Waals surface area contributed by atoms with Crippen molar-refractivity contribution >= 4 is 22.7 Å². The van der Waals surface area contributed by atoms with E-state index in [4.69, 9.17) is 10.2 Å². The number of fused-ring (bicyclic) bond motifs is 1. The largest absolute Gasteiger partial charge is 0.441 e. The Morgan fingerprint density at radius 1 is 1.50 bits per heavy atom. The van der Waals surface area contributed by atoms with Gasteiger partial charge in [-0.3, -0.25) is 4.79 Å². The monoisotopic (exact) mass is 273 g/mol. The van der Waals surface area contributed by atoms with Crippen LogP contribution in [0.2, 0.25) is 0 Å². The third-order valence-electron chi connectivity index (χ3n) is 4.06. The van der Waals surface area contributed by atoms with Gasteiger partial charge in [0.05, 0.1) is 0 Å². The number of hydrogen-bond acceptors (Lipinski definition) is 4. The molecular weight excluding hydrogens is 254 g/mol. The van der Waals surface area contributed by atoms with Crippen LogP contribution in [0.4, 0.5) is 5.69 Å². The third kappa shape index (κ3) is 2.41. The van der Waals surface area contributed by atoms with E-state index in [-0.39, 0.29) is 11.8 Å². The number of carbonyl (C=O) groups excluding carboxylic acids is 1. The summed E-state index contributed by atoms with van der Waals surface area (Å²) in [6, 6.07) is 5.52. The quantitative estimate of drug-likeness (QED) is 0.900. The Morgan fingerprint density at radius 2 is 2.35 bits per heavy atom. The molecule has 2 atom stereocenters. The molecule has 2 unspecified atom stereocenters. The van der Waals surface area contributed by atoms with Gasteiger partial charge in [0.25, 0.3) is 0 Å². The average Bonchev–Trinajstić information content (AvgIpc) is 3.02. The van der Waals surface area contributed by atoms with Crippen LogP contribution in [-0.4, -0.2) is 17.4 Å². The summed E-state index contributed by atoms with van der Waals surface area (Å²) < 4.78 is 5.42. The summed E-state index contributed by atoms with van der Waals surface area (Å²) in [5.74, 6) is 1.04. The first-order chi connectivity index (χ1) is 9.67. The highest BCUT2D eigenvalue weighted by molar-refractivity contribution is 5.94. The van der Waals surface area contributed by atoms with Crippen molar-refractivity contribution in [2.45, 2.75) is 26.2 Å². The number of aryl methyl sites for hydroxylation is 1. The molecular formula is C15H19N3O2. The highest BCUT2D eigenvalue weighted by Gasteiger charge is 2.31. The summed E-state index contributed by atoms with van der Waals surface area (Å²) in [6.07, 6.45) is 3.07. The van der Waals surface area contributed by atoms with Crippen LogP contribution in [0.25, 0.3) is 11.1 Å². The SMILES string of the molecule is Cc1nc2cc(NC(=O)C3CCCC3CN)ccc2o1. The maximum absolute atomic E-state index is 12.3. The van der Waals surface area contributed by atoms with Crippen LogP contribution < -0.4 is 11.1 Å². The van der Waals surface area contributed by atoms with Crippen molar-refractivity contribution in [3.63, 3.8) is 0 Å². The predicted octanol–water partition coefficient (Wildman–Crippen LogP) is 2.45. The van der Waals surface area contributed by atoms with Crippen LogP contribution in [0, 0.1) is 18.8 Å². The first kappa shape index (κ1) is 13.1. The van der Waals surface area contributed by atoms with Crippen molar-refractivity contribution in [3.05, 3.63) is 24.1 Å². The van der Waals surface area contributed by atoms with E-state index >= 15 is 0 Å². The number of nitrogens with two attached hydrogens (primary N) is 1. The van der Waals surface area contributed by atoms with Crippen molar-refractivity contribution < 1.29 is 9.21 Å². The standard InChI is InChI=1S/C15H19N3O2/c1-9-17-13-7-11(5-6-14(13)20-9)18-15(19)12-4-2-3-10(12)8-16/h5-7,10,12H,2-4,8,16H2,1H3,(H,18,19). The Hall–Kier alpha value is -1.88. The van der Waals surface area contributed by atoms with Gasteiger partial charge in [0.2, 0.25) is 5.91 Å². The highest BCUT2D eigenvalue weighted by Crippen LogP contribution is 2.32. The van der Waals surface area contributed by atoms with E-state index in [1.807, 2.05) is 25.1 Å². The lowest BCUT2D eigenvalue weighted by atomic mass is 9.95. The molecule has 3 N–H and O–H groups in total. The third-order valence-corrected chi connectivity index (χ3v) is 4.06. The van der Waals surface area contributed by atoms with Gasteiger partial charge in [0.15, 0.2) is 11.5 Å². The summed E-state index contributed by atoms with van der Waals surface area (Å²) in [5.41, 5.74) is 8.00. The molecule has 5 heteroatoms. The molecule has 106 valence electrons. The second kappa shape index (κ2) is 5.25. The molecule has 0 spiro atoms. The summed E-state index contributed by atoms with van der Waals surface area (Å²) in [4.78, 5) is 16.6. The number of rotatable bonds is 3. The Labute approximate surface area is 117 Å². The Morgan fingerprint density at radius 3 is 3.15 bits per heavy atom. The zero-order valence-electron chi connectivity index (χ0n) is 11.6. The number of nitrogens with zero attached hydrogens (tertiary/aromatic N) is 1. The molecule has 0 saturated heterocycles. The minimum atomic E-state index is 0.0368. The number of hydrogen-bond donors (Lipinski definition) is 2. The maximum Gasteiger partial charge on any atom is 0.227 e. The summed E-state index contributed by atoms with van der Waals surface area (Å²) in [7, 11) is 0. The van der Waals surface area contributed by atoms with Gasteiger partial charge in [-0.25, -0.2) is 4.98 Å². The number of nitrogens with one attached hydrogen (secondary N) is 1. The van der Waals surface area contributed by atoms with E-state index in [9.17, 15) is 4.79 Å². The van der Waals surface area contributed by atoms with Gasteiger partial charge >= 0.3 is 0 Å². The smallest absolute Gasteiger partial charge is 0.227 e. The molecule has 2 aromatic rings. The highest BCUT2D eigenvalue weighted by atomic mass is 16.3. The number of carbonyl (C=O) groups is 1. The van der Waals surface area contributed by atoms with Crippen LogP contribution in [0.5, 0.6) is 0 Å². The van der Waals surface area contributed by atoms with Gasteiger partial charge < -0.3 is 15.5 Å². The zero-order chi connectivity index (χ0) is 14.1. The first-order valence-electron chi connectivity index (χ1n) is 7.05. The molecule has 1 fully saturated rings. The van der Waals surface area contributed by atoms with E-state index in [0.717, 1.165) is 36.0 Å². The van der Waals surface area contributed by atoms with Crippen LogP contribution in [0.15, 0.2) is 22.6 Å². The van der Waals surface area contributed by atoms with Crippen molar-refractivity contribution in [3.8, 4) is 0 Å². The van der Waals surface area contributed by atoms with E-state index in [1.165, 1.54) is 0 Å². The Balaban J connectivity index is 1.76. The first-order valence-corrected chi connectivity index (χ1v) is 7.05. The molecule has 3 rings (SSSR count). The van der Waals surface area contributed by atoms with Crippen molar-refractivity contribution in [1.82, 2.24) is 4.98 Å². The van der Waals surface area contributed by atoms with Gasteiger partial charge in [-0.05, 0) is 43.5 Å². The molecule has 0 bridgehead atoms. The average molecular weight is 273 g/mol. The fourth-order valence-corrected chi connectivity index (χ4v) is 3.02. The van der Waals surface area contributed by atoms with E-state index in [0.29, 0.717) is 18.4 Å². The lowest BCUT2D eigenvalue weighted by molar-refractivity contribution is -0.120. The number of amides is 1. The van der Waals surface area contributed by atoms with Crippen molar-refractivity contribution in [1.29, 1.82) is 0 Å². The lowest BCUT2D eigenvalue weighted by Crippen LogP contribution is -2.29. The molecule has 1 saturated carbocycles. The normalized spacial score (nSPS) is 22.3. The molecule has 1 heterocycles. The molecule has 1 aromatic heterocycles. The molecule has 0 radical (unpaired) electrons. The zero-order valence-corrected chi connectivity index (χ0v) is 11.6. The fourth-order valence-electron chi connectivity index (χ4n) is 3.02. The molecule has 1 aliphatic carbocycles. The summed E-state index contributed by atoms with van der Waals surface area (Å²) >= 11 is 0. The van der Waals surface area contributed by atoms with Gasteiger partial charge in [-0.1, -0.05) is 6.42 Å². The van der Waals surface area contributed by atoms with E-state index < -0.39 is 0 Å². The Kier molecular flexibility index (Phi) is 3.44. The number of anilines is 1. The number of oxazole rings is 1. The van der Waals surface area contributed by atoms with E-state index in [2.05, 4.69) is 10.3 Å². The molecule has 1 amide bonds. The second-order valence-corrected chi connectivity index (χ2v) is 5.44. The molecule has 1 aliphatic rings. The summed E-state index contributed by atoms with van der Waals surface area (Å²) in [5, 5.41) is 2.97. The molecule has 0 aliphatic heterocycles. The van der Waals surface area contributed by atoms with Gasteiger partial charge in [0.1, 0.15) is 5.52 Å². The van der Waals surface area contributed by atoms with E-state index in [1.54, 1.807) is 0 Å². The molecule has 20 heavy (non-hydrogen) atoms. The van der Waals surface area contributed by atoms with Crippen LogP contribution in [0.3, 0.4) is 0 Å².